The summed E-state index contributed by atoms with van der Waals surface area (Å²) in [5.74, 6) is -0.601. The number of fused-ring (bicyclic) bond motifs is 1. The van der Waals surface area contributed by atoms with Crippen molar-refractivity contribution in [3.63, 3.8) is 0 Å². The van der Waals surface area contributed by atoms with Crippen LogP contribution in [0.4, 0.5) is 18.9 Å². The van der Waals surface area contributed by atoms with Crippen molar-refractivity contribution in [1.82, 2.24) is 9.55 Å². The molecule has 0 unspecified atom stereocenters. The standard InChI is InChI=1S/C18H14F3N3O2S/c1-24-16(26)13-7-2-3-8-14(13)23-17(24)27-10-15(25)22-12-6-4-5-11(9-12)18(19,20)21/h2-9H,10H2,1H3,(H,22,25). The Balaban J connectivity index is 1.72. The maximum atomic E-state index is 12.7. The van der Waals surface area contributed by atoms with Gasteiger partial charge in [-0.25, -0.2) is 4.98 Å². The van der Waals surface area contributed by atoms with Crippen molar-refractivity contribution in [2.75, 3.05) is 11.1 Å². The van der Waals surface area contributed by atoms with Crippen LogP contribution in [0.2, 0.25) is 0 Å². The molecule has 0 atom stereocenters. The van der Waals surface area contributed by atoms with Crippen LogP contribution in [0.1, 0.15) is 5.56 Å². The molecule has 27 heavy (non-hydrogen) atoms. The van der Waals surface area contributed by atoms with Crippen LogP contribution in [0.25, 0.3) is 10.9 Å². The number of nitrogens with one attached hydrogen (secondary N) is 1. The molecule has 0 spiro atoms. The van der Waals surface area contributed by atoms with Gasteiger partial charge in [-0.2, -0.15) is 13.2 Å². The molecule has 0 aliphatic heterocycles. The topological polar surface area (TPSA) is 64.0 Å². The van der Waals surface area contributed by atoms with Gasteiger partial charge in [-0.05, 0) is 30.3 Å². The maximum Gasteiger partial charge on any atom is 0.416 e. The van der Waals surface area contributed by atoms with Gasteiger partial charge in [-0.15, -0.1) is 0 Å². The Labute approximate surface area is 156 Å². The molecule has 0 fully saturated rings. The number of rotatable bonds is 4. The third kappa shape index (κ3) is 4.30. The van der Waals surface area contributed by atoms with Gasteiger partial charge in [0, 0.05) is 12.7 Å². The number of benzene rings is 2. The van der Waals surface area contributed by atoms with Crippen molar-refractivity contribution >= 4 is 34.3 Å². The molecule has 0 saturated carbocycles. The van der Waals surface area contributed by atoms with Crippen LogP contribution >= 0.6 is 11.8 Å². The number of thioether (sulfide) groups is 1. The van der Waals surface area contributed by atoms with Crippen LogP contribution in [-0.4, -0.2) is 21.2 Å². The Morgan fingerprint density at radius 3 is 2.67 bits per heavy atom. The molecule has 140 valence electrons. The second-order valence-corrected chi connectivity index (χ2v) is 6.63. The summed E-state index contributed by atoms with van der Waals surface area (Å²) in [6, 6.07) is 11.3. The second-order valence-electron chi connectivity index (χ2n) is 5.69. The number of hydrogen-bond donors (Lipinski definition) is 1. The average Bonchev–Trinajstić information content (AvgIpc) is 2.63. The van der Waals surface area contributed by atoms with E-state index in [-0.39, 0.29) is 17.0 Å². The van der Waals surface area contributed by atoms with Crippen LogP contribution in [-0.2, 0) is 18.0 Å². The monoisotopic (exact) mass is 393 g/mol. The van der Waals surface area contributed by atoms with Gasteiger partial charge in [0.05, 0.1) is 22.2 Å². The molecule has 1 heterocycles. The lowest BCUT2D eigenvalue weighted by atomic mass is 10.2. The smallest absolute Gasteiger partial charge is 0.325 e. The van der Waals surface area contributed by atoms with E-state index in [9.17, 15) is 22.8 Å². The van der Waals surface area contributed by atoms with Gasteiger partial charge < -0.3 is 5.32 Å². The summed E-state index contributed by atoms with van der Waals surface area (Å²) in [5, 5.41) is 3.24. The van der Waals surface area contributed by atoms with E-state index in [1.807, 2.05) is 0 Å². The number of halogens is 3. The summed E-state index contributed by atoms with van der Waals surface area (Å²) in [4.78, 5) is 28.8. The molecule has 1 amide bonds. The number of aromatic nitrogens is 2. The molecule has 9 heteroatoms. The van der Waals surface area contributed by atoms with Crippen molar-refractivity contribution in [1.29, 1.82) is 0 Å². The zero-order valence-electron chi connectivity index (χ0n) is 14.1. The SMILES string of the molecule is Cn1c(SCC(=O)Nc2cccc(C(F)(F)F)c2)nc2ccccc2c1=O. The predicted octanol–water partition coefficient (Wildman–Crippen LogP) is 3.68. The highest BCUT2D eigenvalue weighted by Crippen LogP contribution is 2.30. The van der Waals surface area contributed by atoms with Crippen LogP contribution in [0.5, 0.6) is 0 Å². The Kier molecular flexibility index (Phi) is 5.22. The molecule has 1 N–H and O–H groups in total. The number of carbonyl (C=O) groups excluding carboxylic acids is 1. The van der Waals surface area contributed by atoms with E-state index in [4.69, 9.17) is 0 Å². The fourth-order valence-electron chi connectivity index (χ4n) is 2.43. The molecular formula is C18H14F3N3O2S. The van der Waals surface area contributed by atoms with Crippen molar-refractivity contribution in [2.24, 2.45) is 7.05 Å². The normalized spacial score (nSPS) is 11.6. The lowest BCUT2D eigenvalue weighted by Crippen LogP contribution is -2.21. The minimum absolute atomic E-state index is 0.0517. The van der Waals surface area contributed by atoms with Crippen LogP contribution in [0, 0.1) is 0 Å². The first kappa shape index (κ1) is 19.0. The van der Waals surface area contributed by atoms with E-state index < -0.39 is 17.6 Å². The number of hydrogen-bond acceptors (Lipinski definition) is 4. The molecule has 3 aromatic rings. The predicted molar refractivity (Wildman–Crippen MR) is 97.8 cm³/mol. The Morgan fingerprint density at radius 2 is 1.93 bits per heavy atom. The first-order valence-electron chi connectivity index (χ1n) is 7.81. The summed E-state index contributed by atoms with van der Waals surface area (Å²) in [7, 11) is 1.55. The number of carbonyl (C=O) groups is 1. The van der Waals surface area contributed by atoms with Gasteiger partial charge in [0.25, 0.3) is 5.56 Å². The Hall–Kier alpha value is -2.81. The van der Waals surface area contributed by atoms with Crippen molar-refractivity contribution in [3.8, 4) is 0 Å². The number of anilines is 1. The van der Waals surface area contributed by atoms with Crippen LogP contribution in [0.15, 0.2) is 58.5 Å². The van der Waals surface area contributed by atoms with Crippen molar-refractivity contribution < 1.29 is 18.0 Å². The molecule has 0 saturated heterocycles. The summed E-state index contributed by atoms with van der Waals surface area (Å²) in [6.07, 6.45) is -4.48. The highest BCUT2D eigenvalue weighted by atomic mass is 32.2. The van der Waals surface area contributed by atoms with E-state index in [0.717, 1.165) is 23.9 Å². The summed E-state index contributed by atoms with van der Waals surface area (Å²) in [5.41, 5.74) is -0.509. The van der Waals surface area contributed by atoms with Gasteiger partial charge >= 0.3 is 6.18 Å². The molecule has 0 radical (unpaired) electrons. The Bertz CT molecular complexity index is 1060. The highest BCUT2D eigenvalue weighted by molar-refractivity contribution is 7.99. The van der Waals surface area contributed by atoms with Gasteiger partial charge in [-0.1, -0.05) is 30.0 Å². The van der Waals surface area contributed by atoms with E-state index in [2.05, 4.69) is 10.3 Å². The number of nitrogens with zero attached hydrogens (tertiary/aromatic N) is 2. The summed E-state index contributed by atoms with van der Waals surface area (Å²) >= 11 is 1.03. The first-order valence-corrected chi connectivity index (χ1v) is 8.80. The van der Waals surface area contributed by atoms with Gasteiger partial charge in [-0.3, -0.25) is 14.2 Å². The lowest BCUT2D eigenvalue weighted by molar-refractivity contribution is -0.137. The molecule has 1 aromatic heterocycles. The second kappa shape index (κ2) is 7.43. The average molecular weight is 393 g/mol. The van der Waals surface area contributed by atoms with Crippen LogP contribution in [0.3, 0.4) is 0 Å². The minimum Gasteiger partial charge on any atom is -0.325 e. The fraction of sp³-hybridized carbons (Fsp3) is 0.167. The van der Waals surface area contributed by atoms with Gasteiger partial charge in [0.1, 0.15) is 0 Å². The number of para-hydroxylation sites is 1. The van der Waals surface area contributed by atoms with E-state index in [1.54, 1.807) is 31.3 Å². The van der Waals surface area contributed by atoms with E-state index in [0.29, 0.717) is 16.1 Å². The van der Waals surface area contributed by atoms with Crippen LogP contribution < -0.4 is 10.9 Å². The van der Waals surface area contributed by atoms with E-state index >= 15 is 0 Å². The fourth-order valence-corrected chi connectivity index (χ4v) is 3.20. The summed E-state index contributed by atoms with van der Waals surface area (Å²) in [6.45, 7) is 0. The highest BCUT2D eigenvalue weighted by Gasteiger charge is 2.30. The van der Waals surface area contributed by atoms with Gasteiger partial charge in [0.2, 0.25) is 5.91 Å². The van der Waals surface area contributed by atoms with Gasteiger partial charge in [0.15, 0.2) is 5.16 Å². The maximum absolute atomic E-state index is 12.7. The molecule has 0 aliphatic rings. The van der Waals surface area contributed by atoms with Crippen molar-refractivity contribution in [2.45, 2.75) is 11.3 Å². The number of alkyl halides is 3. The first-order chi connectivity index (χ1) is 12.8. The molecule has 2 aromatic carbocycles. The molecule has 0 bridgehead atoms. The third-order valence-electron chi connectivity index (χ3n) is 3.75. The zero-order chi connectivity index (χ0) is 19.6. The largest absolute Gasteiger partial charge is 0.416 e. The van der Waals surface area contributed by atoms with Crippen molar-refractivity contribution in [3.05, 3.63) is 64.4 Å². The molecule has 5 nitrogen and oxygen atoms in total. The zero-order valence-corrected chi connectivity index (χ0v) is 14.9. The molecule has 3 rings (SSSR count). The Morgan fingerprint density at radius 1 is 1.19 bits per heavy atom. The minimum atomic E-state index is -4.48. The quantitative estimate of drug-likeness (QED) is 0.543. The summed E-state index contributed by atoms with van der Waals surface area (Å²) < 4.78 is 39.5. The molecule has 0 aliphatic carbocycles. The third-order valence-corrected chi connectivity index (χ3v) is 4.78. The van der Waals surface area contributed by atoms with E-state index in [1.165, 1.54) is 16.7 Å². The molecular weight excluding hydrogens is 379 g/mol. The lowest BCUT2D eigenvalue weighted by Gasteiger charge is -2.11. The number of amides is 1.